The highest BCUT2D eigenvalue weighted by atomic mass is 16.4. The van der Waals surface area contributed by atoms with Gasteiger partial charge in [-0.1, -0.05) is 44.2 Å². The number of hydrogen-bond donors (Lipinski definition) is 1. The first-order valence-corrected chi connectivity index (χ1v) is 4.96. The van der Waals surface area contributed by atoms with Gasteiger partial charge in [-0.2, -0.15) is 0 Å². The second kappa shape index (κ2) is 8.30. The second-order valence-electron chi connectivity index (χ2n) is 2.89. The SMILES string of the molecule is CC/C=C/C/C=C/C=C(\CC)C(=O)O. The molecule has 0 aromatic carbocycles. The molecule has 0 aliphatic rings. The molecule has 2 heteroatoms. The first kappa shape index (κ1) is 12.7. The maximum absolute atomic E-state index is 10.6. The molecule has 0 rings (SSSR count). The molecule has 0 aliphatic heterocycles. The van der Waals surface area contributed by atoms with E-state index in [1.807, 2.05) is 13.0 Å². The zero-order chi connectivity index (χ0) is 10.8. The summed E-state index contributed by atoms with van der Waals surface area (Å²) in [6, 6.07) is 0. The van der Waals surface area contributed by atoms with Crippen molar-refractivity contribution < 1.29 is 9.90 Å². The van der Waals surface area contributed by atoms with Gasteiger partial charge in [-0.25, -0.2) is 4.79 Å². The summed E-state index contributed by atoms with van der Waals surface area (Å²) in [5.41, 5.74) is 0.445. The van der Waals surface area contributed by atoms with Crippen LogP contribution in [0.2, 0.25) is 0 Å². The number of allylic oxidation sites excluding steroid dienone is 5. The van der Waals surface area contributed by atoms with Crippen molar-refractivity contribution in [2.45, 2.75) is 33.1 Å². The predicted octanol–water partition coefficient (Wildman–Crippen LogP) is 3.32. The van der Waals surface area contributed by atoms with Crippen molar-refractivity contribution in [2.24, 2.45) is 0 Å². The standard InChI is InChI=1S/C12H18O2/c1-3-5-6-7-8-9-10-11(4-2)12(13)14/h5-6,8-10H,3-4,7H2,1-2H3,(H,13,14)/b6-5+,9-8+,11-10+. The van der Waals surface area contributed by atoms with Gasteiger partial charge in [0.2, 0.25) is 0 Å². The van der Waals surface area contributed by atoms with Crippen molar-refractivity contribution in [3.05, 3.63) is 36.0 Å². The Hall–Kier alpha value is -1.31. The quantitative estimate of drug-likeness (QED) is 0.400. The van der Waals surface area contributed by atoms with Crippen LogP contribution in [0.5, 0.6) is 0 Å². The van der Waals surface area contributed by atoms with Gasteiger partial charge in [-0.3, -0.25) is 0 Å². The monoisotopic (exact) mass is 194 g/mol. The molecule has 0 saturated carbocycles. The average Bonchev–Trinajstić information content (AvgIpc) is 2.16. The summed E-state index contributed by atoms with van der Waals surface area (Å²) < 4.78 is 0. The minimum atomic E-state index is -0.832. The van der Waals surface area contributed by atoms with E-state index in [-0.39, 0.29) is 0 Å². The Morgan fingerprint density at radius 3 is 2.43 bits per heavy atom. The minimum absolute atomic E-state index is 0.445. The van der Waals surface area contributed by atoms with E-state index in [0.717, 1.165) is 12.8 Å². The van der Waals surface area contributed by atoms with Crippen LogP contribution in [0.4, 0.5) is 0 Å². The molecule has 0 radical (unpaired) electrons. The van der Waals surface area contributed by atoms with Crippen molar-refractivity contribution in [1.82, 2.24) is 0 Å². The number of carbonyl (C=O) groups is 1. The molecular weight excluding hydrogens is 176 g/mol. The molecule has 0 unspecified atom stereocenters. The van der Waals surface area contributed by atoms with Gasteiger partial charge in [0.15, 0.2) is 0 Å². The fourth-order valence-electron chi connectivity index (χ4n) is 0.945. The molecule has 0 heterocycles. The van der Waals surface area contributed by atoms with E-state index in [0.29, 0.717) is 12.0 Å². The Kier molecular flexibility index (Phi) is 7.52. The van der Waals surface area contributed by atoms with Crippen molar-refractivity contribution >= 4 is 5.97 Å². The molecule has 2 nitrogen and oxygen atoms in total. The van der Waals surface area contributed by atoms with Gasteiger partial charge < -0.3 is 5.11 Å². The Morgan fingerprint density at radius 1 is 1.21 bits per heavy atom. The van der Waals surface area contributed by atoms with E-state index in [4.69, 9.17) is 5.11 Å². The van der Waals surface area contributed by atoms with Crippen molar-refractivity contribution in [1.29, 1.82) is 0 Å². The number of carboxylic acids is 1. The van der Waals surface area contributed by atoms with E-state index < -0.39 is 5.97 Å². The number of carboxylic acid groups (broad SMARTS) is 1. The summed E-state index contributed by atoms with van der Waals surface area (Å²) in [6.07, 6.45) is 12.0. The number of rotatable bonds is 6. The smallest absolute Gasteiger partial charge is 0.331 e. The highest BCUT2D eigenvalue weighted by molar-refractivity contribution is 5.86. The Bertz CT molecular complexity index is 247. The van der Waals surface area contributed by atoms with Gasteiger partial charge in [0.1, 0.15) is 0 Å². The van der Waals surface area contributed by atoms with Gasteiger partial charge in [-0.05, 0) is 19.3 Å². The summed E-state index contributed by atoms with van der Waals surface area (Å²) in [5.74, 6) is -0.832. The molecule has 0 fully saturated rings. The number of hydrogen-bond acceptors (Lipinski definition) is 1. The Balaban J connectivity index is 3.99. The van der Waals surface area contributed by atoms with Crippen LogP contribution < -0.4 is 0 Å². The maximum Gasteiger partial charge on any atom is 0.331 e. The molecule has 0 aromatic heterocycles. The molecule has 1 N–H and O–H groups in total. The lowest BCUT2D eigenvalue weighted by Gasteiger charge is -1.92. The molecule has 0 aromatic rings. The molecule has 0 amide bonds. The highest BCUT2D eigenvalue weighted by Gasteiger charge is 2.00. The highest BCUT2D eigenvalue weighted by Crippen LogP contribution is 2.01. The third kappa shape index (κ3) is 6.23. The van der Waals surface area contributed by atoms with E-state index in [9.17, 15) is 4.79 Å². The largest absolute Gasteiger partial charge is 0.478 e. The summed E-state index contributed by atoms with van der Waals surface area (Å²) in [4.78, 5) is 10.6. The van der Waals surface area contributed by atoms with E-state index in [2.05, 4.69) is 19.1 Å². The summed E-state index contributed by atoms with van der Waals surface area (Å²) >= 11 is 0. The molecular formula is C12H18O2. The van der Waals surface area contributed by atoms with Crippen LogP contribution in [0, 0.1) is 0 Å². The Labute approximate surface area is 85.6 Å². The first-order valence-electron chi connectivity index (χ1n) is 4.96. The minimum Gasteiger partial charge on any atom is -0.478 e. The van der Waals surface area contributed by atoms with Gasteiger partial charge >= 0.3 is 5.97 Å². The molecule has 0 saturated heterocycles. The van der Waals surface area contributed by atoms with Gasteiger partial charge in [0.25, 0.3) is 0 Å². The van der Waals surface area contributed by atoms with E-state index in [1.165, 1.54) is 0 Å². The lowest BCUT2D eigenvalue weighted by atomic mass is 10.2. The molecule has 0 spiro atoms. The van der Waals surface area contributed by atoms with Crippen LogP contribution >= 0.6 is 0 Å². The van der Waals surface area contributed by atoms with Crippen molar-refractivity contribution in [2.75, 3.05) is 0 Å². The van der Waals surface area contributed by atoms with Crippen molar-refractivity contribution in [3.8, 4) is 0 Å². The predicted molar refractivity (Wildman–Crippen MR) is 59.2 cm³/mol. The summed E-state index contributed by atoms with van der Waals surface area (Å²) in [5, 5.41) is 8.70. The number of aliphatic carboxylic acids is 1. The van der Waals surface area contributed by atoms with E-state index >= 15 is 0 Å². The normalized spacial score (nSPS) is 12.9. The zero-order valence-electron chi connectivity index (χ0n) is 8.86. The summed E-state index contributed by atoms with van der Waals surface area (Å²) in [6.45, 7) is 3.92. The van der Waals surface area contributed by atoms with Crippen molar-refractivity contribution in [3.63, 3.8) is 0 Å². The first-order chi connectivity index (χ1) is 6.72. The lowest BCUT2D eigenvalue weighted by Crippen LogP contribution is -1.97. The van der Waals surface area contributed by atoms with E-state index in [1.54, 1.807) is 12.2 Å². The fraction of sp³-hybridized carbons (Fsp3) is 0.417. The van der Waals surface area contributed by atoms with Gasteiger partial charge in [0.05, 0.1) is 0 Å². The average molecular weight is 194 g/mol. The third-order valence-electron chi connectivity index (χ3n) is 1.76. The third-order valence-corrected chi connectivity index (χ3v) is 1.76. The van der Waals surface area contributed by atoms with Crippen LogP contribution in [-0.2, 0) is 4.79 Å². The van der Waals surface area contributed by atoms with Crippen LogP contribution in [-0.4, -0.2) is 11.1 Å². The second-order valence-corrected chi connectivity index (χ2v) is 2.89. The Morgan fingerprint density at radius 2 is 1.93 bits per heavy atom. The van der Waals surface area contributed by atoms with Gasteiger partial charge in [-0.15, -0.1) is 0 Å². The van der Waals surface area contributed by atoms with Gasteiger partial charge in [0, 0.05) is 5.57 Å². The van der Waals surface area contributed by atoms with Crippen LogP contribution in [0.25, 0.3) is 0 Å². The van der Waals surface area contributed by atoms with Crippen LogP contribution in [0.1, 0.15) is 33.1 Å². The van der Waals surface area contributed by atoms with Crippen LogP contribution in [0.3, 0.4) is 0 Å². The van der Waals surface area contributed by atoms with Crippen LogP contribution in [0.15, 0.2) is 36.0 Å². The fourth-order valence-corrected chi connectivity index (χ4v) is 0.945. The molecule has 14 heavy (non-hydrogen) atoms. The topological polar surface area (TPSA) is 37.3 Å². The zero-order valence-corrected chi connectivity index (χ0v) is 8.86. The molecule has 0 aliphatic carbocycles. The summed E-state index contributed by atoms with van der Waals surface area (Å²) in [7, 11) is 0. The molecule has 0 atom stereocenters. The maximum atomic E-state index is 10.6. The molecule has 0 bridgehead atoms. The lowest BCUT2D eigenvalue weighted by molar-refractivity contribution is -0.132. The molecule has 78 valence electrons.